The summed E-state index contributed by atoms with van der Waals surface area (Å²) in [6.07, 6.45) is 3.44. The lowest BCUT2D eigenvalue weighted by atomic mass is 10.0. The number of primary amides is 1. The summed E-state index contributed by atoms with van der Waals surface area (Å²) in [5.74, 6) is -0.693. The second-order valence-electron chi connectivity index (χ2n) is 5.21. The number of nitrogens with one attached hydrogen (secondary N) is 3. The predicted molar refractivity (Wildman–Crippen MR) is 90.0 cm³/mol. The maximum Gasteiger partial charge on any atom is 0.242 e. The van der Waals surface area contributed by atoms with Crippen molar-refractivity contribution < 1.29 is 19.2 Å². The van der Waals surface area contributed by atoms with Crippen LogP contribution in [0.2, 0.25) is 0 Å². The lowest BCUT2D eigenvalue weighted by Crippen LogP contribution is -2.48. The summed E-state index contributed by atoms with van der Waals surface area (Å²) in [5, 5.41) is 7.54. The molecule has 0 bridgehead atoms. The molecule has 1 aliphatic rings. The van der Waals surface area contributed by atoms with Gasteiger partial charge in [-0.25, -0.2) is 0 Å². The van der Waals surface area contributed by atoms with Gasteiger partial charge in [0.05, 0.1) is 6.04 Å². The van der Waals surface area contributed by atoms with Crippen molar-refractivity contribution in [1.29, 1.82) is 0 Å². The standard InChI is InChI=1S/C7H15N3O2.C7H12N2O2.H3N/c1-10-7(12)5(8)3-2-4-6(9)11;1-8-7(11)5-3-2-4-6(10)9-5;/h5H,2-4,8H2,1H3,(H2,9,11)(H,10,12);5H,2-4H2,1H3,(H,8,11)(H,9,10);1H3. The van der Waals surface area contributed by atoms with Crippen LogP contribution in [0.4, 0.5) is 0 Å². The molecule has 0 aromatic carbocycles. The molecule has 1 heterocycles. The average molecular weight is 346 g/mol. The van der Waals surface area contributed by atoms with Gasteiger partial charge in [0.1, 0.15) is 6.04 Å². The first-order chi connectivity index (χ1) is 10.8. The van der Waals surface area contributed by atoms with Crippen LogP contribution in [-0.2, 0) is 19.2 Å². The van der Waals surface area contributed by atoms with Gasteiger partial charge in [-0.3, -0.25) is 19.2 Å². The highest BCUT2D eigenvalue weighted by Crippen LogP contribution is 2.07. The second-order valence-corrected chi connectivity index (χ2v) is 5.21. The minimum absolute atomic E-state index is 0. The fraction of sp³-hybridized carbons (Fsp3) is 0.714. The smallest absolute Gasteiger partial charge is 0.242 e. The molecule has 1 fully saturated rings. The number of hydrogen-bond acceptors (Lipinski definition) is 6. The first-order valence-corrected chi connectivity index (χ1v) is 7.58. The summed E-state index contributed by atoms with van der Waals surface area (Å²) in [7, 11) is 3.10. The number of piperidine rings is 1. The number of carbonyl (C=O) groups excluding carboxylic acids is 4. The molecular weight excluding hydrogens is 316 g/mol. The van der Waals surface area contributed by atoms with E-state index in [9.17, 15) is 19.2 Å². The van der Waals surface area contributed by atoms with Crippen molar-refractivity contribution in [2.45, 2.75) is 50.6 Å². The maximum atomic E-state index is 11.0. The van der Waals surface area contributed by atoms with Crippen molar-refractivity contribution in [3.05, 3.63) is 0 Å². The molecule has 10 nitrogen and oxygen atoms in total. The molecule has 0 saturated carbocycles. The minimum Gasteiger partial charge on any atom is -0.370 e. The van der Waals surface area contributed by atoms with Crippen molar-refractivity contribution in [3.63, 3.8) is 0 Å². The molecule has 140 valence electrons. The largest absolute Gasteiger partial charge is 0.370 e. The molecule has 2 atom stereocenters. The Hall–Kier alpha value is -2.20. The molecule has 0 aromatic rings. The molecule has 1 rings (SSSR count). The summed E-state index contributed by atoms with van der Waals surface area (Å²) in [6.45, 7) is 0. The van der Waals surface area contributed by atoms with Crippen LogP contribution in [0.1, 0.15) is 38.5 Å². The SMILES string of the molecule is CNC(=O)C(N)CCCC(N)=O.CNC(=O)C1CCCC(=O)N1.N. The highest BCUT2D eigenvalue weighted by atomic mass is 16.2. The Morgan fingerprint density at radius 1 is 1.29 bits per heavy atom. The van der Waals surface area contributed by atoms with Crippen LogP contribution in [0, 0.1) is 0 Å². The number of carbonyl (C=O) groups is 4. The van der Waals surface area contributed by atoms with Gasteiger partial charge in [-0.15, -0.1) is 0 Å². The molecule has 0 spiro atoms. The summed E-state index contributed by atoms with van der Waals surface area (Å²) < 4.78 is 0. The van der Waals surface area contributed by atoms with E-state index in [2.05, 4.69) is 16.0 Å². The summed E-state index contributed by atoms with van der Waals surface area (Å²) in [5.41, 5.74) is 10.4. The van der Waals surface area contributed by atoms with Gasteiger partial charge in [-0.1, -0.05) is 0 Å². The zero-order valence-corrected chi connectivity index (χ0v) is 14.4. The van der Waals surface area contributed by atoms with E-state index in [4.69, 9.17) is 11.5 Å². The van der Waals surface area contributed by atoms with E-state index in [-0.39, 0.29) is 42.2 Å². The van der Waals surface area contributed by atoms with E-state index in [1.165, 1.54) is 7.05 Å². The van der Waals surface area contributed by atoms with Crippen molar-refractivity contribution in [2.24, 2.45) is 11.5 Å². The number of nitrogens with two attached hydrogens (primary N) is 2. The molecule has 2 unspecified atom stereocenters. The van der Waals surface area contributed by atoms with E-state index in [0.717, 1.165) is 12.8 Å². The zero-order valence-electron chi connectivity index (χ0n) is 14.4. The van der Waals surface area contributed by atoms with Crippen LogP contribution in [0.3, 0.4) is 0 Å². The minimum atomic E-state index is -0.533. The van der Waals surface area contributed by atoms with Gasteiger partial charge in [-0.05, 0) is 25.7 Å². The Morgan fingerprint density at radius 2 is 1.92 bits per heavy atom. The molecule has 10 N–H and O–H groups in total. The molecule has 0 radical (unpaired) electrons. The van der Waals surface area contributed by atoms with Crippen LogP contribution < -0.4 is 33.6 Å². The molecule has 0 aromatic heterocycles. The summed E-state index contributed by atoms with van der Waals surface area (Å²) in [6, 6.07) is -0.837. The number of hydrogen-bond donors (Lipinski definition) is 6. The first kappa shape index (κ1) is 24.1. The summed E-state index contributed by atoms with van der Waals surface area (Å²) >= 11 is 0. The van der Waals surface area contributed by atoms with Crippen LogP contribution in [0.25, 0.3) is 0 Å². The average Bonchev–Trinajstić information content (AvgIpc) is 2.53. The Balaban J connectivity index is 0. The van der Waals surface area contributed by atoms with E-state index in [0.29, 0.717) is 19.3 Å². The first-order valence-electron chi connectivity index (χ1n) is 7.58. The van der Waals surface area contributed by atoms with Crippen LogP contribution >= 0.6 is 0 Å². The Labute approximate surface area is 142 Å². The predicted octanol–water partition coefficient (Wildman–Crippen LogP) is -1.72. The van der Waals surface area contributed by atoms with Crippen molar-refractivity contribution in [1.82, 2.24) is 22.1 Å². The van der Waals surface area contributed by atoms with Gasteiger partial charge in [-0.2, -0.15) is 0 Å². The van der Waals surface area contributed by atoms with Gasteiger partial charge >= 0.3 is 0 Å². The number of amides is 4. The Bertz CT molecular complexity index is 429. The van der Waals surface area contributed by atoms with Crippen molar-refractivity contribution in [2.75, 3.05) is 14.1 Å². The van der Waals surface area contributed by atoms with E-state index >= 15 is 0 Å². The molecule has 4 amide bonds. The number of likely N-dealkylation sites (N-methyl/N-ethyl adjacent to an activating group) is 2. The Kier molecular flexibility index (Phi) is 13.3. The monoisotopic (exact) mass is 346 g/mol. The molecule has 0 aliphatic carbocycles. The third-order valence-corrected chi connectivity index (χ3v) is 3.32. The van der Waals surface area contributed by atoms with Crippen LogP contribution in [0.15, 0.2) is 0 Å². The fourth-order valence-electron chi connectivity index (χ4n) is 1.99. The topological polar surface area (TPSA) is 191 Å². The Morgan fingerprint density at radius 3 is 2.38 bits per heavy atom. The number of rotatable bonds is 6. The van der Waals surface area contributed by atoms with E-state index in [1.807, 2.05) is 0 Å². The third kappa shape index (κ3) is 10.5. The quantitative estimate of drug-likeness (QED) is 0.331. The maximum absolute atomic E-state index is 11.0. The van der Waals surface area contributed by atoms with Gasteiger partial charge in [0.25, 0.3) is 0 Å². The van der Waals surface area contributed by atoms with Gasteiger partial charge in [0, 0.05) is 26.9 Å². The second kappa shape index (κ2) is 13.3. The van der Waals surface area contributed by atoms with Crippen molar-refractivity contribution >= 4 is 23.6 Å². The lowest BCUT2D eigenvalue weighted by molar-refractivity contribution is -0.130. The fourth-order valence-corrected chi connectivity index (χ4v) is 1.99. The van der Waals surface area contributed by atoms with Gasteiger partial charge in [0.15, 0.2) is 0 Å². The third-order valence-electron chi connectivity index (χ3n) is 3.32. The zero-order chi connectivity index (χ0) is 17.8. The van der Waals surface area contributed by atoms with Gasteiger partial charge < -0.3 is 33.6 Å². The molecule has 1 aliphatic heterocycles. The molecular formula is C14H30N6O4. The van der Waals surface area contributed by atoms with E-state index < -0.39 is 6.04 Å². The van der Waals surface area contributed by atoms with Crippen molar-refractivity contribution in [3.8, 4) is 0 Å². The molecule has 10 heteroatoms. The highest BCUT2D eigenvalue weighted by Gasteiger charge is 2.23. The normalized spacial score (nSPS) is 17.1. The summed E-state index contributed by atoms with van der Waals surface area (Å²) in [4.78, 5) is 42.9. The van der Waals surface area contributed by atoms with Crippen LogP contribution in [0.5, 0.6) is 0 Å². The van der Waals surface area contributed by atoms with Gasteiger partial charge in [0.2, 0.25) is 23.6 Å². The van der Waals surface area contributed by atoms with E-state index in [1.54, 1.807) is 7.05 Å². The van der Waals surface area contributed by atoms with Crippen LogP contribution in [-0.4, -0.2) is 49.8 Å². The lowest BCUT2D eigenvalue weighted by Gasteiger charge is -2.21. The molecule has 1 saturated heterocycles. The molecule has 24 heavy (non-hydrogen) atoms. The highest BCUT2D eigenvalue weighted by molar-refractivity contribution is 5.88.